The largest absolute Gasteiger partial charge is 0.468 e. The zero-order valence-corrected chi connectivity index (χ0v) is 13.1. The molecule has 22 heavy (non-hydrogen) atoms. The van der Waals surface area contributed by atoms with Crippen LogP contribution in [0.5, 0.6) is 0 Å². The van der Waals surface area contributed by atoms with Crippen molar-refractivity contribution < 1.29 is 19.1 Å². The van der Waals surface area contributed by atoms with E-state index in [1.54, 1.807) is 0 Å². The molecule has 1 aliphatic carbocycles. The molecule has 2 fully saturated rings. The van der Waals surface area contributed by atoms with Gasteiger partial charge in [0, 0.05) is 6.54 Å². The Kier molecular flexibility index (Phi) is 3.48. The lowest BCUT2D eigenvalue weighted by Gasteiger charge is -2.25. The highest BCUT2D eigenvalue weighted by Crippen LogP contribution is 2.73. The minimum atomic E-state index is -0.811. The standard InChI is InChI=1S/C17H21NO4/c1-16(2)12-9-18-13(14(19)21-3)17(12,16)15(20)22-10-11-7-5-4-6-8-11/h4-8,12-13,18H,9-10H2,1-3H3/t12-,13+,17+/m0/s1. The van der Waals surface area contributed by atoms with Gasteiger partial charge in [-0.3, -0.25) is 9.59 Å². The highest BCUT2D eigenvalue weighted by molar-refractivity contribution is 5.93. The van der Waals surface area contributed by atoms with Crippen LogP contribution >= 0.6 is 0 Å². The number of fused-ring (bicyclic) bond motifs is 1. The van der Waals surface area contributed by atoms with Gasteiger partial charge in [0.2, 0.25) is 0 Å². The highest BCUT2D eigenvalue weighted by atomic mass is 16.5. The van der Waals surface area contributed by atoms with Crippen molar-refractivity contribution in [3.05, 3.63) is 35.9 Å². The number of hydrogen-bond acceptors (Lipinski definition) is 5. The van der Waals surface area contributed by atoms with Gasteiger partial charge in [0.15, 0.2) is 0 Å². The van der Waals surface area contributed by atoms with Crippen LogP contribution in [0.3, 0.4) is 0 Å². The van der Waals surface area contributed by atoms with Crippen LogP contribution in [0.4, 0.5) is 0 Å². The third kappa shape index (κ3) is 1.88. The van der Waals surface area contributed by atoms with E-state index in [2.05, 4.69) is 5.32 Å². The Labute approximate surface area is 130 Å². The summed E-state index contributed by atoms with van der Waals surface area (Å²) in [6.45, 7) is 4.88. The van der Waals surface area contributed by atoms with E-state index in [0.29, 0.717) is 6.54 Å². The average Bonchev–Trinajstić information content (AvgIpc) is 2.87. The average molecular weight is 303 g/mol. The number of nitrogens with one attached hydrogen (secondary N) is 1. The molecule has 118 valence electrons. The Bertz CT molecular complexity index is 598. The zero-order valence-electron chi connectivity index (χ0n) is 13.1. The maximum atomic E-state index is 12.8. The molecular weight excluding hydrogens is 282 g/mol. The van der Waals surface area contributed by atoms with E-state index < -0.39 is 17.4 Å². The summed E-state index contributed by atoms with van der Waals surface area (Å²) >= 11 is 0. The number of methoxy groups -OCH3 is 1. The number of hydrogen-bond donors (Lipinski definition) is 1. The predicted octanol–water partition coefficient (Wildman–Crippen LogP) is 1.52. The van der Waals surface area contributed by atoms with Crippen molar-refractivity contribution in [3.63, 3.8) is 0 Å². The topological polar surface area (TPSA) is 64.6 Å². The summed E-state index contributed by atoms with van der Waals surface area (Å²) in [5.41, 5.74) is -0.137. The minimum Gasteiger partial charge on any atom is -0.468 e. The molecule has 0 spiro atoms. The molecule has 0 aromatic heterocycles. The van der Waals surface area contributed by atoms with Gasteiger partial charge < -0.3 is 14.8 Å². The molecule has 1 heterocycles. The maximum Gasteiger partial charge on any atom is 0.324 e. The van der Waals surface area contributed by atoms with Crippen molar-refractivity contribution in [3.8, 4) is 0 Å². The number of carbonyl (C=O) groups is 2. The minimum absolute atomic E-state index is 0.104. The van der Waals surface area contributed by atoms with Crippen molar-refractivity contribution in [2.75, 3.05) is 13.7 Å². The van der Waals surface area contributed by atoms with E-state index >= 15 is 0 Å². The molecule has 1 N–H and O–H groups in total. The van der Waals surface area contributed by atoms with Gasteiger partial charge in [-0.2, -0.15) is 0 Å². The number of benzene rings is 1. The smallest absolute Gasteiger partial charge is 0.324 e. The molecule has 0 unspecified atom stereocenters. The van der Waals surface area contributed by atoms with E-state index in [1.807, 2.05) is 44.2 Å². The summed E-state index contributed by atoms with van der Waals surface area (Å²) in [7, 11) is 1.34. The lowest BCUT2D eigenvalue weighted by Crippen LogP contribution is -2.47. The van der Waals surface area contributed by atoms with Crippen LogP contribution in [0.1, 0.15) is 19.4 Å². The van der Waals surface area contributed by atoms with Gasteiger partial charge in [-0.05, 0) is 16.9 Å². The molecule has 1 saturated heterocycles. The van der Waals surface area contributed by atoms with E-state index in [0.717, 1.165) is 5.56 Å². The van der Waals surface area contributed by atoms with Gasteiger partial charge in [-0.15, -0.1) is 0 Å². The number of esters is 2. The van der Waals surface area contributed by atoms with Crippen LogP contribution in [0.15, 0.2) is 30.3 Å². The van der Waals surface area contributed by atoms with Crippen molar-refractivity contribution in [2.24, 2.45) is 16.7 Å². The summed E-state index contributed by atoms with van der Waals surface area (Å²) in [6.07, 6.45) is 0. The number of ether oxygens (including phenoxy) is 2. The third-order valence-corrected chi connectivity index (χ3v) is 5.37. The van der Waals surface area contributed by atoms with Crippen molar-refractivity contribution in [2.45, 2.75) is 26.5 Å². The van der Waals surface area contributed by atoms with Gasteiger partial charge in [0.05, 0.1) is 7.11 Å². The Hall–Kier alpha value is -1.88. The van der Waals surface area contributed by atoms with Gasteiger partial charge in [-0.25, -0.2) is 0 Å². The maximum absolute atomic E-state index is 12.8. The Morgan fingerprint density at radius 2 is 1.95 bits per heavy atom. The molecule has 2 aliphatic rings. The molecule has 0 bridgehead atoms. The van der Waals surface area contributed by atoms with Crippen molar-refractivity contribution in [1.29, 1.82) is 0 Å². The first-order valence-corrected chi connectivity index (χ1v) is 7.48. The fourth-order valence-electron chi connectivity index (χ4n) is 4.04. The normalized spacial score (nSPS) is 31.2. The Morgan fingerprint density at radius 1 is 1.27 bits per heavy atom. The van der Waals surface area contributed by atoms with Crippen molar-refractivity contribution >= 4 is 11.9 Å². The number of piperidine rings is 1. The summed E-state index contributed by atoms with van der Waals surface area (Å²) in [5.74, 6) is -0.608. The highest BCUT2D eigenvalue weighted by Gasteiger charge is 2.83. The molecule has 0 radical (unpaired) electrons. The lowest BCUT2D eigenvalue weighted by molar-refractivity contribution is -0.160. The number of carbonyl (C=O) groups excluding carboxylic acids is 2. The van der Waals surface area contributed by atoms with Crippen LogP contribution in [0.2, 0.25) is 0 Å². The first-order valence-electron chi connectivity index (χ1n) is 7.48. The fraction of sp³-hybridized carbons (Fsp3) is 0.529. The lowest BCUT2D eigenvalue weighted by atomic mass is 9.88. The Morgan fingerprint density at radius 3 is 2.55 bits per heavy atom. The van der Waals surface area contributed by atoms with E-state index in [1.165, 1.54) is 7.11 Å². The van der Waals surface area contributed by atoms with Gasteiger partial charge >= 0.3 is 11.9 Å². The van der Waals surface area contributed by atoms with Crippen molar-refractivity contribution in [1.82, 2.24) is 5.32 Å². The number of rotatable bonds is 4. The monoisotopic (exact) mass is 303 g/mol. The molecule has 5 nitrogen and oxygen atoms in total. The summed E-state index contributed by atoms with van der Waals surface area (Å²) in [6, 6.07) is 8.91. The molecule has 0 amide bonds. The van der Waals surface area contributed by atoms with Gasteiger partial charge in [-0.1, -0.05) is 44.2 Å². The van der Waals surface area contributed by atoms with Crippen LogP contribution in [0.25, 0.3) is 0 Å². The van der Waals surface area contributed by atoms with Crippen LogP contribution in [0, 0.1) is 16.7 Å². The zero-order chi connectivity index (χ0) is 16.0. The SMILES string of the molecule is COC(=O)[C@H]1NC[C@H]2C(C)(C)[C@@]12C(=O)OCc1ccccc1. The van der Waals surface area contributed by atoms with Gasteiger partial charge in [0.25, 0.3) is 0 Å². The fourth-order valence-corrected chi connectivity index (χ4v) is 4.04. The predicted molar refractivity (Wildman–Crippen MR) is 79.7 cm³/mol. The molecule has 1 aliphatic heterocycles. The molecule has 1 saturated carbocycles. The molecule has 3 atom stereocenters. The molecular formula is C17H21NO4. The molecule has 5 heteroatoms. The van der Waals surface area contributed by atoms with Crippen LogP contribution < -0.4 is 5.32 Å². The summed E-state index contributed by atoms with van der Waals surface area (Å²) in [5, 5.41) is 3.11. The summed E-state index contributed by atoms with van der Waals surface area (Å²) in [4.78, 5) is 24.8. The molecule has 1 aromatic rings. The first-order chi connectivity index (χ1) is 10.5. The van der Waals surface area contributed by atoms with Crippen LogP contribution in [-0.4, -0.2) is 31.6 Å². The first kappa shape index (κ1) is 15.0. The van der Waals surface area contributed by atoms with E-state index in [9.17, 15) is 9.59 Å². The second kappa shape index (κ2) is 5.09. The summed E-state index contributed by atoms with van der Waals surface area (Å²) < 4.78 is 10.4. The second-order valence-electron chi connectivity index (χ2n) is 6.57. The molecule has 1 aromatic carbocycles. The Balaban J connectivity index is 1.78. The van der Waals surface area contributed by atoms with Gasteiger partial charge in [0.1, 0.15) is 18.1 Å². The van der Waals surface area contributed by atoms with E-state index in [4.69, 9.17) is 9.47 Å². The third-order valence-electron chi connectivity index (χ3n) is 5.37. The second-order valence-corrected chi connectivity index (χ2v) is 6.57. The quantitative estimate of drug-likeness (QED) is 0.854. The van der Waals surface area contributed by atoms with Crippen LogP contribution in [-0.2, 0) is 25.7 Å². The van der Waals surface area contributed by atoms with E-state index in [-0.39, 0.29) is 23.9 Å². The molecule has 3 rings (SSSR count).